The lowest BCUT2D eigenvalue weighted by atomic mass is 9.64. The summed E-state index contributed by atoms with van der Waals surface area (Å²) in [5.74, 6) is 1.02. The summed E-state index contributed by atoms with van der Waals surface area (Å²) in [5.41, 5.74) is -0.645. The van der Waals surface area contributed by atoms with E-state index in [1.54, 1.807) is 6.07 Å². The van der Waals surface area contributed by atoms with Crippen molar-refractivity contribution in [2.24, 2.45) is 0 Å². The third kappa shape index (κ3) is 3.58. The molecule has 2 heterocycles. The Morgan fingerprint density at radius 2 is 2.07 bits per heavy atom. The Morgan fingerprint density at radius 1 is 1.30 bits per heavy atom. The predicted molar refractivity (Wildman–Crippen MR) is 95.9 cm³/mol. The van der Waals surface area contributed by atoms with Crippen molar-refractivity contribution in [3.8, 4) is 0 Å². The second-order valence-corrected chi connectivity index (χ2v) is 7.17. The Morgan fingerprint density at radius 3 is 2.70 bits per heavy atom. The van der Waals surface area contributed by atoms with Crippen LogP contribution in [-0.2, 0) is 11.6 Å². The van der Waals surface area contributed by atoms with Crippen molar-refractivity contribution in [3.63, 3.8) is 0 Å². The van der Waals surface area contributed by atoms with Crippen molar-refractivity contribution in [1.82, 2.24) is 20.4 Å². The molecule has 2 fully saturated rings. The predicted octanol–water partition coefficient (Wildman–Crippen LogP) is 3.56. The first-order valence-electron chi connectivity index (χ1n) is 8.83. The van der Waals surface area contributed by atoms with Gasteiger partial charge in [0.05, 0.1) is 17.0 Å². The number of piperazine rings is 1. The maximum atomic E-state index is 13.1. The van der Waals surface area contributed by atoms with E-state index in [1.807, 2.05) is 7.05 Å². The lowest BCUT2D eigenvalue weighted by Gasteiger charge is -2.39. The van der Waals surface area contributed by atoms with Crippen LogP contribution in [0.4, 0.5) is 13.2 Å². The Balaban J connectivity index is 0.00000210. The summed E-state index contributed by atoms with van der Waals surface area (Å²) in [6, 6.07) is 5.51. The Labute approximate surface area is 161 Å². The van der Waals surface area contributed by atoms with Crippen LogP contribution >= 0.6 is 12.4 Å². The third-order valence-electron chi connectivity index (χ3n) is 5.61. The van der Waals surface area contributed by atoms with E-state index in [1.165, 1.54) is 12.1 Å². The number of nitrogens with zero attached hydrogens (tertiary/aromatic N) is 3. The minimum atomic E-state index is -4.36. The first-order chi connectivity index (χ1) is 12.4. The number of hydrogen-bond donors (Lipinski definition) is 1. The zero-order valence-electron chi connectivity index (χ0n) is 14.9. The molecule has 1 saturated heterocycles. The number of benzene rings is 1. The van der Waals surface area contributed by atoms with E-state index >= 15 is 0 Å². The van der Waals surface area contributed by atoms with Crippen molar-refractivity contribution in [2.75, 3.05) is 26.7 Å². The first-order valence-corrected chi connectivity index (χ1v) is 8.83. The molecule has 2 aromatic rings. The molecule has 0 bridgehead atoms. The van der Waals surface area contributed by atoms with E-state index in [9.17, 15) is 13.2 Å². The smallest absolute Gasteiger partial charge is 0.338 e. The molecule has 1 N–H and O–H groups in total. The van der Waals surface area contributed by atoms with Gasteiger partial charge in [-0.25, -0.2) is 0 Å². The van der Waals surface area contributed by atoms with Crippen LogP contribution in [0.5, 0.6) is 0 Å². The second kappa shape index (κ2) is 7.41. The molecule has 148 valence electrons. The maximum Gasteiger partial charge on any atom is 0.416 e. The van der Waals surface area contributed by atoms with Crippen LogP contribution in [0, 0.1) is 0 Å². The molecule has 1 aliphatic carbocycles. The molecule has 0 spiro atoms. The average molecular weight is 403 g/mol. The van der Waals surface area contributed by atoms with E-state index in [4.69, 9.17) is 4.52 Å². The SMILES string of the molecule is CN1CCNCC1c1noc(C2(c3cccc(C(F)(F)F)c3)CCC2)n1.Cl. The van der Waals surface area contributed by atoms with E-state index < -0.39 is 17.2 Å². The minimum absolute atomic E-state index is 0. The highest BCUT2D eigenvalue weighted by atomic mass is 35.5. The molecule has 1 aliphatic heterocycles. The fourth-order valence-electron chi connectivity index (χ4n) is 3.81. The van der Waals surface area contributed by atoms with Gasteiger partial charge < -0.3 is 9.84 Å². The third-order valence-corrected chi connectivity index (χ3v) is 5.61. The molecular weight excluding hydrogens is 381 g/mol. The zero-order valence-corrected chi connectivity index (χ0v) is 15.7. The van der Waals surface area contributed by atoms with Crippen molar-refractivity contribution in [1.29, 1.82) is 0 Å². The lowest BCUT2D eigenvalue weighted by Crippen LogP contribution is -2.44. The number of alkyl halides is 3. The lowest BCUT2D eigenvalue weighted by molar-refractivity contribution is -0.137. The summed E-state index contributed by atoms with van der Waals surface area (Å²) in [6.07, 6.45) is -2.00. The molecule has 1 atom stereocenters. The number of aromatic nitrogens is 2. The van der Waals surface area contributed by atoms with Gasteiger partial charge in [0, 0.05) is 19.6 Å². The molecule has 0 radical (unpaired) electrons. The van der Waals surface area contributed by atoms with Crippen LogP contribution in [0.3, 0.4) is 0 Å². The van der Waals surface area contributed by atoms with Gasteiger partial charge in [-0.15, -0.1) is 12.4 Å². The van der Waals surface area contributed by atoms with Crippen LogP contribution in [-0.4, -0.2) is 41.7 Å². The molecule has 0 amide bonds. The number of likely N-dealkylation sites (N-methyl/N-ethyl adjacent to an activating group) is 1. The second-order valence-electron chi connectivity index (χ2n) is 7.17. The zero-order chi connectivity index (χ0) is 18.4. The fraction of sp³-hybridized carbons (Fsp3) is 0.556. The number of halogens is 4. The molecule has 4 rings (SSSR count). The van der Waals surface area contributed by atoms with Crippen molar-refractivity contribution < 1.29 is 17.7 Å². The Kier molecular flexibility index (Phi) is 5.52. The summed E-state index contributed by atoms with van der Waals surface area (Å²) in [7, 11) is 2.01. The average Bonchev–Trinajstić information content (AvgIpc) is 3.04. The monoisotopic (exact) mass is 402 g/mol. The van der Waals surface area contributed by atoms with Crippen molar-refractivity contribution in [2.45, 2.75) is 36.9 Å². The largest absolute Gasteiger partial charge is 0.416 e. The van der Waals surface area contributed by atoms with Gasteiger partial charge in [-0.3, -0.25) is 4.90 Å². The van der Waals surface area contributed by atoms with Gasteiger partial charge in [-0.05, 0) is 31.5 Å². The first kappa shape index (κ1) is 20.1. The standard InChI is InChI=1S/C18H21F3N4O.ClH/c1-25-9-8-22-11-14(25)15-23-16(26-24-15)17(6-3-7-17)12-4-2-5-13(10-12)18(19,20)21;/h2,4-5,10,14,22H,3,6-9,11H2,1H3;1H. The van der Waals surface area contributed by atoms with Crippen molar-refractivity contribution >= 4 is 12.4 Å². The van der Waals surface area contributed by atoms with Crippen LogP contribution < -0.4 is 5.32 Å². The van der Waals surface area contributed by atoms with E-state index in [0.29, 0.717) is 30.1 Å². The molecule has 2 aliphatic rings. The number of nitrogens with one attached hydrogen (secondary N) is 1. The highest BCUT2D eigenvalue weighted by Gasteiger charge is 2.46. The van der Waals surface area contributed by atoms with Gasteiger partial charge in [0.15, 0.2) is 5.82 Å². The van der Waals surface area contributed by atoms with Gasteiger partial charge in [0.25, 0.3) is 0 Å². The van der Waals surface area contributed by atoms with Gasteiger partial charge in [-0.1, -0.05) is 29.8 Å². The number of rotatable bonds is 3. The normalized spacial score (nSPS) is 22.7. The Bertz CT molecular complexity index is 791. The van der Waals surface area contributed by atoms with E-state index in [2.05, 4.69) is 20.4 Å². The van der Waals surface area contributed by atoms with Crippen LogP contribution in [0.2, 0.25) is 0 Å². The summed E-state index contributed by atoms with van der Waals surface area (Å²) < 4.78 is 44.9. The molecule has 5 nitrogen and oxygen atoms in total. The summed E-state index contributed by atoms with van der Waals surface area (Å²) >= 11 is 0. The molecule has 1 unspecified atom stereocenters. The quantitative estimate of drug-likeness (QED) is 0.850. The van der Waals surface area contributed by atoms with Gasteiger partial charge in [0.2, 0.25) is 5.89 Å². The van der Waals surface area contributed by atoms with E-state index in [0.717, 1.165) is 32.1 Å². The summed E-state index contributed by atoms with van der Waals surface area (Å²) in [4.78, 5) is 6.76. The van der Waals surface area contributed by atoms with Crippen LogP contribution in [0.1, 0.15) is 48.1 Å². The fourth-order valence-corrected chi connectivity index (χ4v) is 3.81. The molecule has 1 aromatic carbocycles. The topological polar surface area (TPSA) is 54.2 Å². The molecule has 1 aromatic heterocycles. The Hall–Kier alpha value is -1.64. The highest BCUT2D eigenvalue weighted by molar-refractivity contribution is 5.85. The van der Waals surface area contributed by atoms with Gasteiger partial charge in [-0.2, -0.15) is 18.2 Å². The van der Waals surface area contributed by atoms with Gasteiger partial charge >= 0.3 is 6.18 Å². The molecule has 1 saturated carbocycles. The van der Waals surface area contributed by atoms with Crippen LogP contribution in [0.25, 0.3) is 0 Å². The van der Waals surface area contributed by atoms with Crippen molar-refractivity contribution in [3.05, 3.63) is 47.1 Å². The number of hydrogen-bond acceptors (Lipinski definition) is 5. The molecule has 9 heteroatoms. The minimum Gasteiger partial charge on any atom is -0.338 e. The highest BCUT2D eigenvalue weighted by Crippen LogP contribution is 2.49. The van der Waals surface area contributed by atoms with Gasteiger partial charge in [0.1, 0.15) is 0 Å². The summed E-state index contributed by atoms with van der Waals surface area (Å²) in [5, 5.41) is 7.45. The maximum absolute atomic E-state index is 13.1. The van der Waals surface area contributed by atoms with E-state index in [-0.39, 0.29) is 18.4 Å². The molecule has 27 heavy (non-hydrogen) atoms. The van der Waals surface area contributed by atoms with Crippen LogP contribution in [0.15, 0.2) is 28.8 Å². The summed E-state index contributed by atoms with van der Waals surface area (Å²) in [6.45, 7) is 2.52. The molecular formula is C18H22ClF3N4O.